The van der Waals surface area contributed by atoms with Crippen molar-refractivity contribution in [1.29, 1.82) is 0 Å². The SMILES string of the molecule is Cc1nc(-c2ccc(Nc3nc(N4CCOCC4)ccc3[N+](=O)[O-])cc2)cs1. The van der Waals surface area contributed by atoms with E-state index in [1.807, 2.05) is 36.6 Å². The lowest BCUT2D eigenvalue weighted by atomic mass is 10.1. The van der Waals surface area contributed by atoms with Crippen molar-refractivity contribution in [3.8, 4) is 11.3 Å². The van der Waals surface area contributed by atoms with Crippen LogP contribution in [0, 0.1) is 17.0 Å². The second-order valence-electron chi connectivity index (χ2n) is 6.35. The number of benzene rings is 1. The summed E-state index contributed by atoms with van der Waals surface area (Å²) in [7, 11) is 0. The maximum atomic E-state index is 11.4. The molecule has 0 amide bonds. The summed E-state index contributed by atoms with van der Waals surface area (Å²) in [6.07, 6.45) is 0. The molecule has 3 aromatic rings. The van der Waals surface area contributed by atoms with Crippen LogP contribution < -0.4 is 10.2 Å². The number of morpholine rings is 1. The average molecular weight is 397 g/mol. The molecule has 4 rings (SSSR count). The Balaban J connectivity index is 1.59. The lowest BCUT2D eigenvalue weighted by Crippen LogP contribution is -2.36. The van der Waals surface area contributed by atoms with E-state index in [1.165, 1.54) is 6.07 Å². The molecule has 8 nitrogen and oxygen atoms in total. The van der Waals surface area contributed by atoms with E-state index in [2.05, 4.69) is 20.2 Å². The standard InChI is InChI=1S/C19H19N5O3S/c1-13-20-16(12-28-13)14-2-4-15(5-3-14)21-19-17(24(25)26)6-7-18(22-19)23-8-10-27-11-9-23/h2-7,12H,8-11H2,1H3,(H,21,22). The average Bonchev–Trinajstić information content (AvgIpc) is 3.15. The van der Waals surface area contributed by atoms with Gasteiger partial charge in [-0.05, 0) is 25.1 Å². The number of nitro groups is 1. The van der Waals surface area contributed by atoms with E-state index in [0.29, 0.717) is 32.1 Å². The van der Waals surface area contributed by atoms with Crippen molar-refractivity contribution in [3.05, 3.63) is 56.9 Å². The number of nitrogens with zero attached hydrogens (tertiary/aromatic N) is 4. The van der Waals surface area contributed by atoms with Crippen LogP contribution in [0.4, 0.5) is 23.0 Å². The lowest BCUT2D eigenvalue weighted by Gasteiger charge is -2.28. The third-order valence-electron chi connectivity index (χ3n) is 4.45. The highest BCUT2D eigenvalue weighted by Crippen LogP contribution is 2.30. The Morgan fingerprint density at radius 1 is 1.14 bits per heavy atom. The molecule has 1 aliphatic rings. The third kappa shape index (κ3) is 3.95. The predicted molar refractivity (Wildman–Crippen MR) is 109 cm³/mol. The second-order valence-corrected chi connectivity index (χ2v) is 7.41. The van der Waals surface area contributed by atoms with E-state index in [-0.39, 0.29) is 11.5 Å². The Morgan fingerprint density at radius 2 is 1.89 bits per heavy atom. The molecular weight excluding hydrogens is 378 g/mol. The van der Waals surface area contributed by atoms with Gasteiger partial charge >= 0.3 is 5.69 Å². The first kappa shape index (κ1) is 18.3. The summed E-state index contributed by atoms with van der Waals surface area (Å²) in [5.41, 5.74) is 2.59. The number of aromatic nitrogens is 2. The van der Waals surface area contributed by atoms with E-state index >= 15 is 0 Å². The largest absolute Gasteiger partial charge is 0.378 e. The molecule has 0 bridgehead atoms. The Hall–Kier alpha value is -3.04. The topological polar surface area (TPSA) is 93.4 Å². The maximum absolute atomic E-state index is 11.4. The van der Waals surface area contributed by atoms with E-state index < -0.39 is 4.92 Å². The molecule has 1 saturated heterocycles. The second kappa shape index (κ2) is 7.91. The van der Waals surface area contributed by atoms with Gasteiger partial charge in [0.05, 0.1) is 28.8 Å². The maximum Gasteiger partial charge on any atom is 0.311 e. The van der Waals surface area contributed by atoms with Crippen LogP contribution in [0.1, 0.15) is 5.01 Å². The van der Waals surface area contributed by atoms with Crippen molar-refractivity contribution < 1.29 is 9.66 Å². The molecule has 0 aliphatic carbocycles. The molecule has 1 N–H and O–H groups in total. The Morgan fingerprint density at radius 3 is 2.54 bits per heavy atom. The molecule has 2 aromatic heterocycles. The van der Waals surface area contributed by atoms with Crippen LogP contribution in [0.25, 0.3) is 11.3 Å². The summed E-state index contributed by atoms with van der Waals surface area (Å²) in [4.78, 5) is 22.0. The van der Waals surface area contributed by atoms with Gasteiger partial charge in [-0.1, -0.05) is 12.1 Å². The minimum Gasteiger partial charge on any atom is -0.378 e. The normalized spacial score (nSPS) is 14.1. The quantitative estimate of drug-likeness (QED) is 0.514. The van der Waals surface area contributed by atoms with Crippen LogP contribution in [0.2, 0.25) is 0 Å². The Kier molecular flexibility index (Phi) is 5.18. The number of anilines is 3. The Bertz CT molecular complexity index is 983. The van der Waals surface area contributed by atoms with Crippen molar-refractivity contribution in [1.82, 2.24) is 9.97 Å². The molecule has 1 aromatic carbocycles. The fourth-order valence-electron chi connectivity index (χ4n) is 3.01. The number of thiazole rings is 1. The molecule has 28 heavy (non-hydrogen) atoms. The van der Waals surface area contributed by atoms with E-state index in [0.717, 1.165) is 22.0 Å². The summed E-state index contributed by atoms with van der Waals surface area (Å²) in [5.74, 6) is 0.928. The zero-order chi connectivity index (χ0) is 19.5. The fraction of sp³-hybridized carbons (Fsp3) is 0.263. The van der Waals surface area contributed by atoms with Gasteiger partial charge < -0.3 is 15.0 Å². The zero-order valence-corrected chi connectivity index (χ0v) is 16.1. The van der Waals surface area contributed by atoms with Crippen LogP contribution in [-0.4, -0.2) is 41.2 Å². The molecule has 1 fully saturated rings. The summed E-state index contributed by atoms with van der Waals surface area (Å²) in [6.45, 7) is 4.65. The van der Waals surface area contributed by atoms with Crippen LogP contribution in [-0.2, 0) is 4.74 Å². The van der Waals surface area contributed by atoms with Gasteiger partial charge in [-0.3, -0.25) is 10.1 Å². The first-order valence-corrected chi connectivity index (χ1v) is 9.76. The molecule has 0 unspecified atom stereocenters. The summed E-state index contributed by atoms with van der Waals surface area (Å²) in [5, 5.41) is 17.5. The third-order valence-corrected chi connectivity index (χ3v) is 5.23. The minimum absolute atomic E-state index is 0.0591. The van der Waals surface area contributed by atoms with Crippen molar-refractivity contribution in [2.45, 2.75) is 6.92 Å². The monoisotopic (exact) mass is 397 g/mol. The first-order valence-electron chi connectivity index (χ1n) is 8.88. The van der Waals surface area contributed by atoms with Crippen molar-refractivity contribution in [2.24, 2.45) is 0 Å². The number of ether oxygens (including phenoxy) is 1. The molecule has 3 heterocycles. The number of aryl methyl sites for hydroxylation is 1. The molecule has 0 saturated carbocycles. The summed E-state index contributed by atoms with van der Waals surface area (Å²) < 4.78 is 5.36. The van der Waals surface area contributed by atoms with E-state index in [4.69, 9.17) is 4.74 Å². The van der Waals surface area contributed by atoms with Gasteiger partial charge in [0.15, 0.2) is 0 Å². The number of rotatable bonds is 5. The van der Waals surface area contributed by atoms with Crippen molar-refractivity contribution in [2.75, 3.05) is 36.5 Å². The minimum atomic E-state index is -0.426. The molecule has 0 atom stereocenters. The van der Waals surface area contributed by atoms with Crippen molar-refractivity contribution in [3.63, 3.8) is 0 Å². The molecule has 1 aliphatic heterocycles. The highest BCUT2D eigenvalue weighted by Gasteiger charge is 2.20. The van der Waals surface area contributed by atoms with Gasteiger partial charge in [0.2, 0.25) is 5.82 Å². The highest BCUT2D eigenvalue weighted by atomic mass is 32.1. The van der Waals surface area contributed by atoms with E-state index in [9.17, 15) is 10.1 Å². The number of hydrogen-bond acceptors (Lipinski definition) is 8. The van der Waals surface area contributed by atoms with Gasteiger partial charge in [-0.25, -0.2) is 9.97 Å². The highest BCUT2D eigenvalue weighted by molar-refractivity contribution is 7.09. The first-order chi connectivity index (χ1) is 13.6. The fourth-order valence-corrected chi connectivity index (χ4v) is 3.63. The predicted octanol–water partition coefficient (Wildman–Crippen LogP) is 4.00. The van der Waals surface area contributed by atoms with Gasteiger partial charge in [-0.2, -0.15) is 0 Å². The Labute approximate surface area is 166 Å². The zero-order valence-electron chi connectivity index (χ0n) is 15.3. The van der Waals surface area contributed by atoms with Crippen molar-refractivity contribution >= 4 is 34.3 Å². The van der Waals surface area contributed by atoms with Crippen LogP contribution >= 0.6 is 11.3 Å². The molecule has 0 spiro atoms. The smallest absolute Gasteiger partial charge is 0.311 e. The molecule has 144 valence electrons. The summed E-state index contributed by atoms with van der Waals surface area (Å²) in [6, 6.07) is 10.8. The summed E-state index contributed by atoms with van der Waals surface area (Å²) >= 11 is 1.60. The van der Waals surface area contributed by atoms with E-state index in [1.54, 1.807) is 17.4 Å². The van der Waals surface area contributed by atoms with Gasteiger partial charge in [-0.15, -0.1) is 11.3 Å². The molecular formula is C19H19N5O3S. The molecule has 0 radical (unpaired) electrons. The van der Waals surface area contributed by atoms with Crippen LogP contribution in [0.5, 0.6) is 0 Å². The lowest BCUT2D eigenvalue weighted by molar-refractivity contribution is -0.384. The number of hydrogen-bond donors (Lipinski definition) is 1. The number of pyridine rings is 1. The van der Waals surface area contributed by atoms with Gasteiger partial charge in [0.25, 0.3) is 0 Å². The number of nitrogens with one attached hydrogen (secondary N) is 1. The van der Waals surface area contributed by atoms with Crippen LogP contribution in [0.15, 0.2) is 41.8 Å². The van der Waals surface area contributed by atoms with Crippen LogP contribution in [0.3, 0.4) is 0 Å². The van der Waals surface area contributed by atoms with Gasteiger partial charge in [0.1, 0.15) is 5.82 Å². The molecule has 9 heteroatoms. The van der Waals surface area contributed by atoms with Gasteiger partial charge in [0, 0.05) is 35.8 Å².